The summed E-state index contributed by atoms with van der Waals surface area (Å²) in [6, 6.07) is 13.4. The molecule has 4 heteroatoms. The van der Waals surface area contributed by atoms with Gasteiger partial charge in [-0.05, 0) is 35.7 Å². The summed E-state index contributed by atoms with van der Waals surface area (Å²) in [5.74, 6) is -0.0462. The highest BCUT2D eigenvalue weighted by Crippen LogP contribution is 2.23. The summed E-state index contributed by atoms with van der Waals surface area (Å²) in [5, 5.41) is 2.16. The van der Waals surface area contributed by atoms with Gasteiger partial charge in [-0.3, -0.25) is 9.59 Å². The summed E-state index contributed by atoms with van der Waals surface area (Å²) >= 11 is 0. The van der Waals surface area contributed by atoms with E-state index in [-0.39, 0.29) is 17.9 Å². The van der Waals surface area contributed by atoms with E-state index < -0.39 is 0 Å². The maximum absolute atomic E-state index is 12.8. The van der Waals surface area contributed by atoms with E-state index >= 15 is 0 Å². The molecule has 2 aromatic carbocycles. The molecule has 1 aliphatic rings. The Morgan fingerprint density at radius 3 is 2.55 bits per heavy atom. The summed E-state index contributed by atoms with van der Waals surface area (Å²) in [6.45, 7) is 0.649. The predicted octanol–water partition coefficient (Wildman–Crippen LogP) is 2.53. The second-order valence-corrected chi connectivity index (χ2v) is 5.95. The maximum atomic E-state index is 12.8. The molecule has 0 bridgehead atoms. The van der Waals surface area contributed by atoms with Gasteiger partial charge < -0.3 is 9.80 Å². The van der Waals surface area contributed by atoms with E-state index in [0.717, 1.165) is 23.6 Å². The fraction of sp³-hybridized carbons (Fsp3) is 0.333. The Balaban J connectivity index is 1.89. The van der Waals surface area contributed by atoms with E-state index in [0.29, 0.717) is 12.1 Å². The highest BCUT2D eigenvalue weighted by atomic mass is 16.2. The smallest absolute Gasteiger partial charge is 0.254 e. The lowest BCUT2D eigenvalue weighted by Crippen LogP contribution is -2.45. The largest absolute Gasteiger partial charge is 0.347 e. The molecule has 0 N–H and O–H groups in total. The summed E-state index contributed by atoms with van der Waals surface area (Å²) in [7, 11) is 3.47. The molecule has 114 valence electrons. The first-order valence-electron chi connectivity index (χ1n) is 7.59. The Bertz CT molecular complexity index is 724. The van der Waals surface area contributed by atoms with E-state index in [9.17, 15) is 9.59 Å². The zero-order valence-corrected chi connectivity index (χ0v) is 13.0. The van der Waals surface area contributed by atoms with E-state index in [2.05, 4.69) is 0 Å². The second-order valence-electron chi connectivity index (χ2n) is 5.95. The number of nitrogens with zero attached hydrogens (tertiary/aromatic N) is 2. The van der Waals surface area contributed by atoms with Crippen LogP contribution >= 0.6 is 0 Å². The summed E-state index contributed by atoms with van der Waals surface area (Å²) in [5.41, 5.74) is 0.650. The maximum Gasteiger partial charge on any atom is 0.254 e. The molecule has 2 aromatic rings. The Morgan fingerprint density at radius 2 is 1.82 bits per heavy atom. The lowest BCUT2D eigenvalue weighted by Gasteiger charge is -2.26. The van der Waals surface area contributed by atoms with Crippen LogP contribution in [0.15, 0.2) is 42.5 Å². The third-order valence-corrected chi connectivity index (χ3v) is 4.24. The van der Waals surface area contributed by atoms with Gasteiger partial charge in [0.25, 0.3) is 5.91 Å². The van der Waals surface area contributed by atoms with E-state index in [4.69, 9.17) is 0 Å². The molecule has 3 rings (SSSR count). The van der Waals surface area contributed by atoms with Crippen molar-refractivity contribution in [3.63, 3.8) is 0 Å². The van der Waals surface area contributed by atoms with Crippen molar-refractivity contribution < 1.29 is 9.59 Å². The minimum absolute atomic E-state index is 0.00615. The average Bonchev–Trinajstić information content (AvgIpc) is 3.02. The standard InChI is InChI=1S/C18H20N2O2/c1-19(2)18(22)16-8-5-11-20(16)17(21)15-10-9-13-6-3-4-7-14(13)12-15/h3-4,6-7,9-10,12,16H,5,8,11H2,1-2H3. The van der Waals surface area contributed by atoms with Crippen molar-refractivity contribution in [3.05, 3.63) is 48.0 Å². The number of carbonyl (C=O) groups excluding carboxylic acids is 2. The average molecular weight is 296 g/mol. The summed E-state index contributed by atoms with van der Waals surface area (Å²) < 4.78 is 0. The van der Waals surface area contributed by atoms with Crippen LogP contribution in [0.4, 0.5) is 0 Å². The fourth-order valence-electron chi connectivity index (χ4n) is 3.05. The Morgan fingerprint density at radius 1 is 1.09 bits per heavy atom. The van der Waals surface area contributed by atoms with Crippen molar-refractivity contribution in [2.75, 3.05) is 20.6 Å². The van der Waals surface area contributed by atoms with Crippen molar-refractivity contribution in [1.82, 2.24) is 9.80 Å². The molecule has 0 aliphatic carbocycles. The normalized spacial score (nSPS) is 17.7. The Labute approximate surface area is 130 Å². The van der Waals surface area contributed by atoms with Crippen molar-refractivity contribution in [3.8, 4) is 0 Å². The molecule has 1 fully saturated rings. The minimum Gasteiger partial charge on any atom is -0.347 e. The van der Waals surface area contributed by atoms with Gasteiger partial charge in [-0.25, -0.2) is 0 Å². The molecule has 1 heterocycles. The van der Waals surface area contributed by atoms with Crippen molar-refractivity contribution in [1.29, 1.82) is 0 Å². The number of rotatable bonds is 2. The van der Waals surface area contributed by atoms with E-state index in [1.165, 1.54) is 0 Å². The lowest BCUT2D eigenvalue weighted by atomic mass is 10.1. The minimum atomic E-state index is -0.325. The molecule has 1 saturated heterocycles. The molecule has 2 amide bonds. The van der Waals surface area contributed by atoms with E-state index in [1.807, 2.05) is 42.5 Å². The molecule has 1 unspecified atom stereocenters. The summed E-state index contributed by atoms with van der Waals surface area (Å²) in [6.07, 6.45) is 1.62. The van der Waals surface area contributed by atoms with Crippen LogP contribution in [0.1, 0.15) is 23.2 Å². The number of benzene rings is 2. The number of carbonyl (C=O) groups is 2. The van der Waals surface area contributed by atoms with Gasteiger partial charge in [-0.15, -0.1) is 0 Å². The predicted molar refractivity (Wildman–Crippen MR) is 86.7 cm³/mol. The van der Waals surface area contributed by atoms with Crippen molar-refractivity contribution >= 4 is 22.6 Å². The van der Waals surface area contributed by atoms with Gasteiger partial charge in [-0.2, -0.15) is 0 Å². The van der Waals surface area contributed by atoms with Crippen LogP contribution in [0.2, 0.25) is 0 Å². The highest BCUT2D eigenvalue weighted by molar-refractivity contribution is 6.01. The highest BCUT2D eigenvalue weighted by Gasteiger charge is 2.35. The van der Waals surface area contributed by atoms with Gasteiger partial charge >= 0.3 is 0 Å². The molecular weight excluding hydrogens is 276 g/mol. The quantitative estimate of drug-likeness (QED) is 0.854. The van der Waals surface area contributed by atoms with Gasteiger partial charge in [0.15, 0.2) is 0 Å². The molecule has 1 atom stereocenters. The topological polar surface area (TPSA) is 40.6 Å². The molecular formula is C18H20N2O2. The summed E-state index contributed by atoms with van der Waals surface area (Å²) in [4.78, 5) is 28.3. The van der Waals surface area contributed by atoms with Gasteiger partial charge in [0.05, 0.1) is 0 Å². The molecule has 0 aromatic heterocycles. The number of likely N-dealkylation sites (N-methyl/N-ethyl adjacent to an activating group) is 1. The van der Waals surface area contributed by atoms with Crippen LogP contribution in [0.25, 0.3) is 10.8 Å². The van der Waals surface area contributed by atoms with Crippen LogP contribution in [0, 0.1) is 0 Å². The van der Waals surface area contributed by atoms with Gasteiger partial charge in [0, 0.05) is 26.2 Å². The molecule has 0 radical (unpaired) electrons. The Hall–Kier alpha value is -2.36. The zero-order chi connectivity index (χ0) is 15.7. The SMILES string of the molecule is CN(C)C(=O)C1CCCN1C(=O)c1ccc2ccccc2c1. The molecule has 4 nitrogen and oxygen atoms in total. The van der Waals surface area contributed by atoms with Gasteiger partial charge in [0.1, 0.15) is 6.04 Å². The van der Waals surface area contributed by atoms with Gasteiger partial charge in [0.2, 0.25) is 5.91 Å². The third-order valence-electron chi connectivity index (χ3n) is 4.24. The van der Waals surface area contributed by atoms with E-state index in [1.54, 1.807) is 23.9 Å². The molecule has 0 saturated carbocycles. The first-order chi connectivity index (χ1) is 10.6. The van der Waals surface area contributed by atoms with Crippen LogP contribution in [-0.4, -0.2) is 48.3 Å². The number of hydrogen-bond donors (Lipinski definition) is 0. The third kappa shape index (κ3) is 2.56. The number of fused-ring (bicyclic) bond motifs is 1. The molecule has 0 spiro atoms. The number of amides is 2. The Kier molecular flexibility index (Phi) is 3.84. The molecule has 22 heavy (non-hydrogen) atoms. The molecule has 1 aliphatic heterocycles. The van der Waals surface area contributed by atoms with Crippen LogP contribution in [0.5, 0.6) is 0 Å². The number of likely N-dealkylation sites (tertiary alicyclic amines) is 1. The van der Waals surface area contributed by atoms with Crippen molar-refractivity contribution in [2.45, 2.75) is 18.9 Å². The lowest BCUT2D eigenvalue weighted by molar-refractivity contribution is -0.132. The first kappa shape index (κ1) is 14.6. The van der Waals surface area contributed by atoms with Gasteiger partial charge in [-0.1, -0.05) is 30.3 Å². The van der Waals surface area contributed by atoms with Crippen LogP contribution in [-0.2, 0) is 4.79 Å². The van der Waals surface area contributed by atoms with Crippen LogP contribution < -0.4 is 0 Å². The zero-order valence-electron chi connectivity index (χ0n) is 13.0. The number of hydrogen-bond acceptors (Lipinski definition) is 2. The first-order valence-corrected chi connectivity index (χ1v) is 7.59. The second kappa shape index (κ2) is 5.79. The van der Waals surface area contributed by atoms with Crippen LogP contribution in [0.3, 0.4) is 0 Å². The monoisotopic (exact) mass is 296 g/mol. The fourth-order valence-corrected chi connectivity index (χ4v) is 3.05. The van der Waals surface area contributed by atoms with Crippen molar-refractivity contribution in [2.24, 2.45) is 0 Å².